The summed E-state index contributed by atoms with van der Waals surface area (Å²) in [6, 6.07) is 4.60. The van der Waals surface area contributed by atoms with Gasteiger partial charge in [0.25, 0.3) is 0 Å². The van der Waals surface area contributed by atoms with Crippen LogP contribution < -0.4 is 5.32 Å². The molecule has 0 aliphatic heterocycles. The Morgan fingerprint density at radius 1 is 1.61 bits per heavy atom. The molecule has 2 rings (SSSR count). The van der Waals surface area contributed by atoms with Crippen molar-refractivity contribution >= 4 is 17.6 Å². The average Bonchev–Trinajstić information content (AvgIpc) is 3.14. The van der Waals surface area contributed by atoms with Crippen LogP contribution in [-0.2, 0) is 9.53 Å². The molecule has 0 radical (unpaired) electrons. The highest BCUT2D eigenvalue weighted by Gasteiger charge is 2.30. The molecule has 1 saturated carbocycles. The molecule has 0 aromatic heterocycles. The number of rotatable bonds is 5. The predicted octanol–water partition coefficient (Wildman–Crippen LogP) is 2.40. The summed E-state index contributed by atoms with van der Waals surface area (Å²) in [4.78, 5) is 11.9. The Labute approximate surface area is 111 Å². The summed E-state index contributed by atoms with van der Waals surface area (Å²) in [5.41, 5.74) is 0.711. The van der Waals surface area contributed by atoms with Gasteiger partial charge in [-0.1, -0.05) is 17.7 Å². The van der Waals surface area contributed by atoms with Crippen LogP contribution in [0.15, 0.2) is 18.2 Å². The summed E-state index contributed by atoms with van der Waals surface area (Å²) in [7, 11) is 0. The lowest BCUT2D eigenvalue weighted by molar-refractivity contribution is -0.145. The van der Waals surface area contributed by atoms with Crippen molar-refractivity contribution in [1.82, 2.24) is 5.32 Å². The zero-order chi connectivity index (χ0) is 13.1. The molecule has 0 heterocycles. The van der Waals surface area contributed by atoms with E-state index in [4.69, 9.17) is 16.3 Å². The van der Waals surface area contributed by atoms with E-state index >= 15 is 0 Å². The second kappa shape index (κ2) is 5.59. The first-order chi connectivity index (χ1) is 8.61. The fourth-order valence-electron chi connectivity index (χ4n) is 1.71. The molecule has 1 aromatic carbocycles. The number of halogens is 1. The van der Waals surface area contributed by atoms with E-state index in [1.54, 1.807) is 19.1 Å². The highest BCUT2D eigenvalue weighted by atomic mass is 35.5. The lowest BCUT2D eigenvalue weighted by atomic mass is 10.1. The highest BCUT2D eigenvalue weighted by molar-refractivity contribution is 6.32. The van der Waals surface area contributed by atoms with Gasteiger partial charge in [0, 0.05) is 6.04 Å². The second-order valence-corrected chi connectivity index (χ2v) is 4.74. The van der Waals surface area contributed by atoms with E-state index in [2.05, 4.69) is 5.32 Å². The van der Waals surface area contributed by atoms with Gasteiger partial charge in [-0.3, -0.25) is 5.32 Å². The Morgan fingerprint density at radius 2 is 2.33 bits per heavy atom. The Kier molecular flexibility index (Phi) is 4.09. The van der Waals surface area contributed by atoms with E-state index in [-0.39, 0.29) is 16.7 Å². The number of aromatic hydroxyl groups is 1. The van der Waals surface area contributed by atoms with Gasteiger partial charge in [-0.2, -0.15) is 0 Å². The number of carbonyl (C=O) groups excluding carboxylic acids is 1. The number of esters is 1. The zero-order valence-electron chi connectivity index (χ0n) is 10.1. The van der Waals surface area contributed by atoms with Crippen molar-refractivity contribution in [1.29, 1.82) is 0 Å². The fourth-order valence-corrected chi connectivity index (χ4v) is 1.90. The maximum atomic E-state index is 11.9. The summed E-state index contributed by atoms with van der Waals surface area (Å²) in [5, 5.41) is 12.9. The van der Waals surface area contributed by atoms with Crippen molar-refractivity contribution in [3.8, 4) is 5.75 Å². The summed E-state index contributed by atoms with van der Waals surface area (Å²) in [6.45, 7) is 2.11. The van der Waals surface area contributed by atoms with Gasteiger partial charge in [-0.25, -0.2) is 4.79 Å². The summed E-state index contributed by atoms with van der Waals surface area (Å²) < 4.78 is 5.05. The Bertz CT molecular complexity index is 446. The number of ether oxygens (including phenoxy) is 1. The first-order valence-corrected chi connectivity index (χ1v) is 6.40. The smallest absolute Gasteiger partial charge is 0.327 e. The molecule has 1 fully saturated rings. The lowest BCUT2D eigenvalue weighted by Crippen LogP contribution is -2.31. The van der Waals surface area contributed by atoms with Crippen molar-refractivity contribution in [3.05, 3.63) is 28.8 Å². The number of phenols is 1. The molecular weight excluding hydrogens is 254 g/mol. The minimum Gasteiger partial charge on any atom is -0.506 e. The van der Waals surface area contributed by atoms with Gasteiger partial charge in [0.05, 0.1) is 11.6 Å². The molecule has 98 valence electrons. The van der Waals surface area contributed by atoms with Gasteiger partial charge in [-0.15, -0.1) is 0 Å². The van der Waals surface area contributed by atoms with Crippen LogP contribution in [0.4, 0.5) is 0 Å². The minimum atomic E-state index is -0.518. The number of carbonyl (C=O) groups is 1. The van der Waals surface area contributed by atoms with E-state index in [9.17, 15) is 9.90 Å². The SMILES string of the molecule is CCOC(=O)C(NC1CC1)c1ccc(O)c(Cl)c1. The van der Waals surface area contributed by atoms with Crippen LogP contribution in [0.1, 0.15) is 31.4 Å². The topological polar surface area (TPSA) is 58.6 Å². The lowest BCUT2D eigenvalue weighted by Gasteiger charge is -2.17. The van der Waals surface area contributed by atoms with E-state index in [1.807, 2.05) is 0 Å². The predicted molar refractivity (Wildman–Crippen MR) is 68.6 cm³/mol. The van der Waals surface area contributed by atoms with Gasteiger partial charge in [0.2, 0.25) is 0 Å². The quantitative estimate of drug-likeness (QED) is 0.806. The van der Waals surface area contributed by atoms with Crippen molar-refractivity contribution in [2.24, 2.45) is 0 Å². The monoisotopic (exact) mass is 269 g/mol. The third-order valence-electron chi connectivity index (χ3n) is 2.81. The number of nitrogens with one attached hydrogen (secondary N) is 1. The Morgan fingerprint density at radius 3 is 2.89 bits per heavy atom. The van der Waals surface area contributed by atoms with E-state index in [1.165, 1.54) is 6.07 Å². The van der Waals surface area contributed by atoms with E-state index < -0.39 is 6.04 Å². The molecule has 0 spiro atoms. The van der Waals surface area contributed by atoms with Crippen molar-refractivity contribution < 1.29 is 14.6 Å². The van der Waals surface area contributed by atoms with Crippen LogP contribution in [0.5, 0.6) is 5.75 Å². The van der Waals surface area contributed by atoms with Gasteiger partial charge >= 0.3 is 5.97 Å². The van der Waals surface area contributed by atoms with E-state index in [0.717, 1.165) is 12.8 Å². The normalized spacial score (nSPS) is 16.3. The van der Waals surface area contributed by atoms with Crippen LogP contribution in [0.3, 0.4) is 0 Å². The molecule has 1 unspecified atom stereocenters. The molecule has 2 N–H and O–H groups in total. The third kappa shape index (κ3) is 3.15. The minimum absolute atomic E-state index is 0.00875. The number of hydrogen-bond acceptors (Lipinski definition) is 4. The van der Waals surface area contributed by atoms with Crippen LogP contribution in [0.25, 0.3) is 0 Å². The molecule has 1 atom stereocenters. The molecule has 0 saturated heterocycles. The first-order valence-electron chi connectivity index (χ1n) is 6.03. The summed E-state index contributed by atoms with van der Waals surface area (Å²) >= 11 is 5.86. The summed E-state index contributed by atoms with van der Waals surface area (Å²) in [5.74, 6) is -0.305. The van der Waals surface area contributed by atoms with Crippen LogP contribution in [0, 0.1) is 0 Å². The largest absolute Gasteiger partial charge is 0.506 e. The number of phenolic OH excluding ortho intramolecular Hbond substituents is 1. The fraction of sp³-hybridized carbons (Fsp3) is 0.462. The number of benzene rings is 1. The molecule has 4 nitrogen and oxygen atoms in total. The van der Waals surface area contributed by atoms with Crippen LogP contribution in [0.2, 0.25) is 5.02 Å². The molecule has 1 aliphatic carbocycles. The molecular formula is C13H16ClNO3. The third-order valence-corrected chi connectivity index (χ3v) is 3.11. The molecule has 1 aromatic rings. The van der Waals surface area contributed by atoms with E-state index in [0.29, 0.717) is 18.2 Å². The van der Waals surface area contributed by atoms with Gasteiger partial charge < -0.3 is 9.84 Å². The van der Waals surface area contributed by atoms with Gasteiger partial charge in [-0.05, 0) is 37.5 Å². The average molecular weight is 270 g/mol. The Hall–Kier alpha value is -1.26. The van der Waals surface area contributed by atoms with Crippen molar-refractivity contribution in [2.75, 3.05) is 6.61 Å². The molecule has 5 heteroatoms. The standard InChI is InChI=1S/C13H16ClNO3/c1-2-18-13(17)12(15-9-4-5-9)8-3-6-11(16)10(14)7-8/h3,6-7,9,12,15-16H,2,4-5H2,1H3. The second-order valence-electron chi connectivity index (χ2n) is 4.34. The first kappa shape index (κ1) is 13.2. The number of hydrogen-bond donors (Lipinski definition) is 2. The Balaban J connectivity index is 2.20. The van der Waals surface area contributed by atoms with Crippen molar-refractivity contribution in [2.45, 2.75) is 31.8 Å². The van der Waals surface area contributed by atoms with Crippen molar-refractivity contribution in [3.63, 3.8) is 0 Å². The molecule has 0 bridgehead atoms. The van der Waals surface area contributed by atoms with Crippen LogP contribution >= 0.6 is 11.6 Å². The maximum absolute atomic E-state index is 11.9. The highest BCUT2D eigenvalue weighted by Crippen LogP contribution is 2.29. The van der Waals surface area contributed by atoms with Gasteiger partial charge in [0.15, 0.2) is 0 Å². The van der Waals surface area contributed by atoms with Crippen LogP contribution in [-0.4, -0.2) is 23.7 Å². The molecule has 0 amide bonds. The zero-order valence-corrected chi connectivity index (χ0v) is 10.9. The maximum Gasteiger partial charge on any atom is 0.327 e. The molecule has 1 aliphatic rings. The molecule has 18 heavy (non-hydrogen) atoms. The van der Waals surface area contributed by atoms with Gasteiger partial charge in [0.1, 0.15) is 11.8 Å². The summed E-state index contributed by atoms with van der Waals surface area (Å²) in [6.07, 6.45) is 2.14.